The first-order valence-corrected chi connectivity index (χ1v) is 13.8. The van der Waals surface area contributed by atoms with E-state index in [0.29, 0.717) is 16.1 Å². The molecule has 5 nitrogen and oxygen atoms in total. The molecule has 5 rings (SSSR count). The molecule has 2 aromatic carbocycles. The third-order valence-electron chi connectivity index (χ3n) is 6.28. The zero-order valence-corrected chi connectivity index (χ0v) is 22.7. The van der Waals surface area contributed by atoms with Crippen molar-refractivity contribution in [3.05, 3.63) is 80.6 Å². The minimum absolute atomic E-state index is 0.239. The first-order valence-electron chi connectivity index (χ1n) is 12.2. The van der Waals surface area contributed by atoms with Crippen LogP contribution in [0.4, 0.5) is 5.00 Å². The van der Waals surface area contributed by atoms with Crippen LogP contribution in [0.5, 0.6) is 0 Å². The molecule has 36 heavy (non-hydrogen) atoms. The number of carbonyl (C=O) groups is 2. The summed E-state index contributed by atoms with van der Waals surface area (Å²) in [7, 11) is 0. The molecule has 0 radical (unpaired) electrons. The molecule has 2 aromatic heterocycles. The van der Waals surface area contributed by atoms with Gasteiger partial charge in [0, 0.05) is 20.3 Å². The Hall–Kier alpha value is -3.03. The number of rotatable bonds is 5. The van der Waals surface area contributed by atoms with Crippen LogP contribution >= 0.6 is 27.3 Å². The van der Waals surface area contributed by atoms with Gasteiger partial charge in [0.1, 0.15) is 5.00 Å². The minimum atomic E-state index is -0.369. The fourth-order valence-electron chi connectivity index (χ4n) is 4.63. The van der Waals surface area contributed by atoms with Gasteiger partial charge in [-0.1, -0.05) is 52.7 Å². The lowest BCUT2D eigenvalue weighted by Gasteiger charge is -2.13. The van der Waals surface area contributed by atoms with Crippen LogP contribution in [0.3, 0.4) is 0 Å². The van der Waals surface area contributed by atoms with Crippen molar-refractivity contribution in [3.63, 3.8) is 0 Å². The number of halogens is 1. The average Bonchev–Trinajstić information content (AvgIpc) is 3.03. The van der Waals surface area contributed by atoms with Crippen molar-refractivity contribution in [2.24, 2.45) is 0 Å². The average molecular weight is 564 g/mol. The monoisotopic (exact) mass is 562 g/mol. The van der Waals surface area contributed by atoms with Crippen LogP contribution in [-0.2, 0) is 17.6 Å². The van der Waals surface area contributed by atoms with Gasteiger partial charge in [-0.25, -0.2) is 9.78 Å². The number of pyridine rings is 1. The molecule has 0 spiro atoms. The molecule has 2 heterocycles. The van der Waals surface area contributed by atoms with Crippen LogP contribution in [0, 0.1) is 0 Å². The zero-order valence-electron chi connectivity index (χ0n) is 20.3. The SMILES string of the molecule is CC(C)OC(=O)c1c(NC(=O)c2cc(-c3ccccc3)nc3ccc(Br)cc23)sc2c1CCCCC2. The van der Waals surface area contributed by atoms with Crippen LogP contribution in [0.25, 0.3) is 22.2 Å². The van der Waals surface area contributed by atoms with Gasteiger partial charge in [0.2, 0.25) is 0 Å². The van der Waals surface area contributed by atoms with Gasteiger partial charge in [0.05, 0.1) is 28.4 Å². The van der Waals surface area contributed by atoms with Crippen molar-refractivity contribution in [2.45, 2.75) is 52.1 Å². The second-order valence-corrected chi connectivity index (χ2v) is 11.3. The van der Waals surface area contributed by atoms with Crippen molar-refractivity contribution in [1.29, 1.82) is 0 Å². The van der Waals surface area contributed by atoms with Crippen molar-refractivity contribution < 1.29 is 14.3 Å². The summed E-state index contributed by atoms with van der Waals surface area (Å²) in [5.41, 5.74) is 4.43. The lowest BCUT2D eigenvalue weighted by atomic mass is 10.0. The Morgan fingerprint density at radius 1 is 1.03 bits per heavy atom. The quantitative estimate of drug-likeness (QED) is 0.199. The number of nitrogens with zero attached hydrogens (tertiary/aromatic N) is 1. The summed E-state index contributed by atoms with van der Waals surface area (Å²) in [6.45, 7) is 3.68. The first-order chi connectivity index (χ1) is 17.4. The predicted octanol–water partition coefficient (Wildman–Crippen LogP) is 7.81. The molecule has 0 saturated carbocycles. The number of hydrogen-bond acceptors (Lipinski definition) is 5. The number of aromatic nitrogens is 1. The Labute approximate surface area is 223 Å². The Morgan fingerprint density at radius 2 is 1.81 bits per heavy atom. The fourth-order valence-corrected chi connectivity index (χ4v) is 6.27. The fraction of sp³-hybridized carbons (Fsp3) is 0.276. The zero-order chi connectivity index (χ0) is 25.2. The largest absolute Gasteiger partial charge is 0.459 e. The molecule has 184 valence electrons. The highest BCUT2D eigenvalue weighted by molar-refractivity contribution is 9.10. The molecule has 4 aromatic rings. The number of benzene rings is 2. The normalized spacial score (nSPS) is 13.3. The number of fused-ring (bicyclic) bond motifs is 2. The van der Waals surface area contributed by atoms with E-state index in [-0.39, 0.29) is 18.0 Å². The summed E-state index contributed by atoms with van der Waals surface area (Å²) in [4.78, 5) is 32.9. The number of thiophene rings is 1. The van der Waals surface area contributed by atoms with Gasteiger partial charge < -0.3 is 10.1 Å². The second-order valence-electron chi connectivity index (χ2n) is 9.26. The van der Waals surface area contributed by atoms with Gasteiger partial charge in [0.15, 0.2) is 0 Å². The maximum Gasteiger partial charge on any atom is 0.341 e. The molecule has 0 unspecified atom stereocenters. The number of hydrogen-bond donors (Lipinski definition) is 1. The van der Waals surface area contributed by atoms with E-state index in [1.54, 1.807) is 0 Å². The van der Waals surface area contributed by atoms with E-state index in [9.17, 15) is 9.59 Å². The molecule has 0 saturated heterocycles. The van der Waals surface area contributed by atoms with E-state index < -0.39 is 0 Å². The third kappa shape index (κ3) is 5.08. The number of aryl methyl sites for hydroxylation is 1. The van der Waals surface area contributed by atoms with Crippen LogP contribution < -0.4 is 5.32 Å². The first kappa shape index (κ1) is 24.7. The van der Waals surface area contributed by atoms with E-state index in [4.69, 9.17) is 9.72 Å². The Balaban J connectivity index is 1.59. The number of esters is 1. The molecule has 1 aliphatic rings. The summed E-state index contributed by atoms with van der Waals surface area (Å²) < 4.78 is 6.46. The number of amides is 1. The van der Waals surface area contributed by atoms with E-state index >= 15 is 0 Å². The molecule has 1 amide bonds. The van der Waals surface area contributed by atoms with E-state index in [0.717, 1.165) is 64.3 Å². The number of anilines is 1. The number of nitrogens with one attached hydrogen (secondary N) is 1. The van der Waals surface area contributed by atoms with Gasteiger partial charge in [-0.3, -0.25) is 4.79 Å². The highest BCUT2D eigenvalue weighted by Gasteiger charge is 2.28. The lowest BCUT2D eigenvalue weighted by molar-refractivity contribution is 0.0378. The molecule has 0 aliphatic heterocycles. The van der Waals surface area contributed by atoms with Crippen molar-refractivity contribution in [2.75, 3.05) is 5.32 Å². The smallest absolute Gasteiger partial charge is 0.341 e. The predicted molar refractivity (Wildman–Crippen MR) is 149 cm³/mol. The van der Waals surface area contributed by atoms with Crippen molar-refractivity contribution in [3.8, 4) is 11.3 Å². The van der Waals surface area contributed by atoms with Gasteiger partial charge in [-0.15, -0.1) is 11.3 Å². The topological polar surface area (TPSA) is 68.3 Å². The van der Waals surface area contributed by atoms with E-state index in [2.05, 4.69) is 21.2 Å². The summed E-state index contributed by atoms with van der Waals surface area (Å²) in [5.74, 6) is -0.639. The van der Waals surface area contributed by atoms with Crippen LogP contribution in [0.15, 0.2) is 59.1 Å². The third-order valence-corrected chi connectivity index (χ3v) is 7.98. The molecule has 0 fully saturated rings. The second kappa shape index (κ2) is 10.5. The maximum absolute atomic E-state index is 13.8. The summed E-state index contributed by atoms with van der Waals surface area (Å²) >= 11 is 5.03. The Kier molecular flexibility index (Phi) is 7.21. The van der Waals surface area contributed by atoms with Gasteiger partial charge in [-0.2, -0.15) is 0 Å². The molecule has 1 aliphatic carbocycles. The Bertz CT molecular complexity index is 1450. The molecule has 7 heteroatoms. The Morgan fingerprint density at radius 3 is 2.58 bits per heavy atom. The standard InChI is InChI=1S/C29H27BrN2O3S/c1-17(2)35-29(34)26-20-11-7-4-8-12-25(20)36-28(26)32-27(33)22-16-24(18-9-5-3-6-10-18)31-23-14-13-19(30)15-21(22)23/h3,5-6,9-10,13-17H,4,7-8,11-12H2,1-2H3,(H,32,33). The van der Waals surface area contributed by atoms with E-state index in [1.165, 1.54) is 16.2 Å². The molecule has 0 atom stereocenters. The van der Waals surface area contributed by atoms with E-state index in [1.807, 2.05) is 68.4 Å². The van der Waals surface area contributed by atoms with Crippen molar-refractivity contribution >= 4 is 55.0 Å². The van der Waals surface area contributed by atoms with Gasteiger partial charge in [0.25, 0.3) is 5.91 Å². The highest BCUT2D eigenvalue weighted by Crippen LogP contribution is 2.39. The lowest BCUT2D eigenvalue weighted by Crippen LogP contribution is -2.18. The molecular weight excluding hydrogens is 536 g/mol. The molecule has 1 N–H and O–H groups in total. The van der Waals surface area contributed by atoms with Gasteiger partial charge in [-0.05, 0) is 69.4 Å². The number of ether oxygens (including phenoxy) is 1. The maximum atomic E-state index is 13.8. The minimum Gasteiger partial charge on any atom is -0.459 e. The van der Waals surface area contributed by atoms with Crippen LogP contribution in [-0.4, -0.2) is 23.0 Å². The number of carbonyl (C=O) groups excluding carboxylic acids is 2. The molecule has 0 bridgehead atoms. The molecular formula is C29H27BrN2O3S. The highest BCUT2D eigenvalue weighted by atomic mass is 79.9. The summed E-state index contributed by atoms with van der Waals surface area (Å²) in [6, 6.07) is 17.4. The summed E-state index contributed by atoms with van der Waals surface area (Å²) in [5, 5.41) is 4.39. The van der Waals surface area contributed by atoms with Crippen LogP contribution in [0.1, 0.15) is 64.3 Å². The van der Waals surface area contributed by atoms with Crippen molar-refractivity contribution in [1.82, 2.24) is 4.98 Å². The van der Waals surface area contributed by atoms with Gasteiger partial charge >= 0.3 is 5.97 Å². The summed E-state index contributed by atoms with van der Waals surface area (Å²) in [6.07, 6.45) is 4.76. The van der Waals surface area contributed by atoms with Crippen LogP contribution in [0.2, 0.25) is 0 Å².